The lowest BCUT2D eigenvalue weighted by Crippen LogP contribution is -2.30. The van der Waals surface area contributed by atoms with Gasteiger partial charge in [-0.1, -0.05) is 30.3 Å². The van der Waals surface area contributed by atoms with Crippen LogP contribution in [0.1, 0.15) is 30.7 Å². The normalized spacial score (nSPS) is 18.5. The fraction of sp³-hybridized carbons (Fsp3) is 0.375. The van der Waals surface area contributed by atoms with E-state index in [1.807, 2.05) is 53.4 Å². The third kappa shape index (κ3) is 4.05. The quantitative estimate of drug-likeness (QED) is 0.644. The molecule has 7 heteroatoms. The summed E-state index contributed by atoms with van der Waals surface area (Å²) in [6.07, 6.45) is 3.66. The summed E-state index contributed by atoms with van der Waals surface area (Å²) in [5.41, 5.74) is 3.40. The number of hydrogen-bond acceptors (Lipinski definition) is 4. The zero-order valence-electron chi connectivity index (χ0n) is 17.3. The van der Waals surface area contributed by atoms with Gasteiger partial charge in [-0.05, 0) is 60.1 Å². The number of H-pyrrole nitrogens is 1. The number of carbonyl (C=O) groups excluding carboxylic acids is 1. The average Bonchev–Trinajstić information content (AvgIpc) is 3.45. The van der Waals surface area contributed by atoms with E-state index < -0.39 is 0 Å². The van der Waals surface area contributed by atoms with Gasteiger partial charge in [0, 0.05) is 25.4 Å². The van der Waals surface area contributed by atoms with Gasteiger partial charge in [0.25, 0.3) is 0 Å². The number of carbonyl (C=O) groups is 1. The predicted octanol–water partition coefficient (Wildman–Crippen LogP) is 2.52. The molecule has 1 aliphatic carbocycles. The molecule has 2 aromatic carbocycles. The van der Waals surface area contributed by atoms with Gasteiger partial charge in [0.1, 0.15) is 5.82 Å². The third-order valence-corrected chi connectivity index (χ3v) is 6.31. The minimum absolute atomic E-state index is 0.00451. The van der Waals surface area contributed by atoms with Crippen LogP contribution in [0.4, 0.5) is 0 Å². The van der Waals surface area contributed by atoms with E-state index in [0.717, 1.165) is 54.7 Å². The standard InChI is InChI=1S/C24H26N4O3/c29-15-17-2-1-3-20(12-17)18-6-8-21(9-7-18)28-22(25-26-24(28)31)13-16-10-11-27(14-16)23(30)19-4-5-19/h1-3,6-9,12,16,19,29H,4-5,10-11,13-15H2,(H,26,31)/t16-/m0/s1. The van der Waals surface area contributed by atoms with Crippen molar-refractivity contribution in [1.82, 2.24) is 19.7 Å². The summed E-state index contributed by atoms with van der Waals surface area (Å²) < 4.78 is 1.62. The van der Waals surface area contributed by atoms with E-state index in [1.165, 1.54) is 0 Å². The third-order valence-electron chi connectivity index (χ3n) is 6.31. The van der Waals surface area contributed by atoms with Crippen molar-refractivity contribution in [2.75, 3.05) is 13.1 Å². The molecule has 1 saturated carbocycles. The maximum absolute atomic E-state index is 12.5. The lowest BCUT2D eigenvalue weighted by Gasteiger charge is -2.16. The second kappa shape index (κ2) is 8.15. The van der Waals surface area contributed by atoms with Gasteiger partial charge in [-0.2, -0.15) is 5.10 Å². The van der Waals surface area contributed by atoms with Gasteiger partial charge in [0.05, 0.1) is 12.3 Å². The van der Waals surface area contributed by atoms with Crippen molar-refractivity contribution in [3.05, 3.63) is 70.4 Å². The minimum atomic E-state index is -0.256. The molecule has 1 aliphatic heterocycles. The molecule has 2 heterocycles. The van der Waals surface area contributed by atoms with Crippen molar-refractivity contribution in [1.29, 1.82) is 0 Å². The van der Waals surface area contributed by atoms with Crippen LogP contribution in [-0.4, -0.2) is 43.8 Å². The van der Waals surface area contributed by atoms with Gasteiger partial charge in [0.2, 0.25) is 5.91 Å². The molecule has 1 amide bonds. The van der Waals surface area contributed by atoms with Crippen molar-refractivity contribution < 1.29 is 9.90 Å². The summed E-state index contributed by atoms with van der Waals surface area (Å²) in [6, 6.07) is 15.5. The van der Waals surface area contributed by atoms with Crippen LogP contribution in [0.15, 0.2) is 53.3 Å². The number of hydrogen-bond donors (Lipinski definition) is 2. The van der Waals surface area contributed by atoms with Crippen LogP contribution in [-0.2, 0) is 17.8 Å². The van der Waals surface area contributed by atoms with Crippen molar-refractivity contribution in [3.8, 4) is 16.8 Å². The van der Waals surface area contributed by atoms with E-state index in [2.05, 4.69) is 10.2 Å². The molecule has 0 unspecified atom stereocenters. The first-order valence-corrected chi connectivity index (χ1v) is 10.9. The summed E-state index contributed by atoms with van der Waals surface area (Å²) in [6.45, 7) is 1.55. The minimum Gasteiger partial charge on any atom is -0.392 e. The van der Waals surface area contributed by atoms with Gasteiger partial charge >= 0.3 is 5.69 Å². The summed E-state index contributed by atoms with van der Waals surface area (Å²) in [4.78, 5) is 26.8. The molecular weight excluding hydrogens is 392 g/mol. The van der Waals surface area contributed by atoms with Crippen molar-refractivity contribution in [2.24, 2.45) is 11.8 Å². The molecule has 5 rings (SSSR count). The van der Waals surface area contributed by atoms with Gasteiger partial charge in [-0.25, -0.2) is 14.5 Å². The number of nitrogens with one attached hydrogen (secondary N) is 1. The van der Waals surface area contributed by atoms with E-state index in [4.69, 9.17) is 0 Å². The van der Waals surface area contributed by atoms with Crippen LogP contribution < -0.4 is 5.69 Å². The van der Waals surface area contributed by atoms with Crippen LogP contribution in [0.5, 0.6) is 0 Å². The van der Waals surface area contributed by atoms with Crippen LogP contribution in [0.3, 0.4) is 0 Å². The summed E-state index contributed by atoms with van der Waals surface area (Å²) in [5, 5.41) is 16.2. The summed E-state index contributed by atoms with van der Waals surface area (Å²) in [7, 11) is 0. The maximum Gasteiger partial charge on any atom is 0.347 e. The number of rotatable bonds is 6. The van der Waals surface area contributed by atoms with Crippen molar-refractivity contribution >= 4 is 5.91 Å². The molecule has 2 fully saturated rings. The second-order valence-corrected chi connectivity index (χ2v) is 8.60. The molecule has 1 saturated heterocycles. The van der Waals surface area contributed by atoms with E-state index in [0.29, 0.717) is 24.1 Å². The molecule has 2 N–H and O–H groups in total. The Hall–Kier alpha value is -3.19. The van der Waals surface area contributed by atoms with Crippen molar-refractivity contribution in [3.63, 3.8) is 0 Å². The molecule has 31 heavy (non-hydrogen) atoms. The Morgan fingerprint density at radius 1 is 1.10 bits per heavy atom. The van der Waals surface area contributed by atoms with E-state index in [1.54, 1.807) is 4.57 Å². The largest absolute Gasteiger partial charge is 0.392 e. The fourth-order valence-corrected chi connectivity index (χ4v) is 4.43. The fourth-order valence-electron chi connectivity index (χ4n) is 4.43. The predicted molar refractivity (Wildman–Crippen MR) is 117 cm³/mol. The van der Waals surface area contributed by atoms with Crippen LogP contribution in [0.2, 0.25) is 0 Å². The smallest absolute Gasteiger partial charge is 0.347 e. The number of aliphatic hydroxyl groups excluding tert-OH is 1. The molecule has 1 atom stereocenters. The van der Waals surface area contributed by atoms with Gasteiger partial charge in [-0.3, -0.25) is 4.79 Å². The highest BCUT2D eigenvalue weighted by Gasteiger charge is 2.36. The Morgan fingerprint density at radius 3 is 2.65 bits per heavy atom. The first-order valence-electron chi connectivity index (χ1n) is 10.9. The molecular formula is C24H26N4O3. The van der Waals surface area contributed by atoms with Gasteiger partial charge < -0.3 is 10.0 Å². The highest BCUT2D eigenvalue weighted by Crippen LogP contribution is 2.33. The number of aliphatic hydroxyl groups is 1. The highest BCUT2D eigenvalue weighted by atomic mass is 16.3. The second-order valence-electron chi connectivity index (χ2n) is 8.60. The number of aromatic nitrogens is 3. The van der Waals surface area contributed by atoms with E-state index in [9.17, 15) is 14.7 Å². The number of aromatic amines is 1. The van der Waals surface area contributed by atoms with Crippen molar-refractivity contribution in [2.45, 2.75) is 32.3 Å². The Morgan fingerprint density at radius 2 is 1.90 bits per heavy atom. The molecule has 2 aliphatic rings. The Labute approximate surface area is 180 Å². The molecule has 0 spiro atoms. The molecule has 7 nitrogen and oxygen atoms in total. The number of likely N-dealkylation sites (tertiary alicyclic amines) is 1. The lowest BCUT2D eigenvalue weighted by atomic mass is 10.0. The maximum atomic E-state index is 12.5. The van der Waals surface area contributed by atoms with Gasteiger partial charge in [0.15, 0.2) is 0 Å². The molecule has 1 aromatic heterocycles. The van der Waals surface area contributed by atoms with Crippen LogP contribution >= 0.6 is 0 Å². The Bertz CT molecular complexity index is 1140. The lowest BCUT2D eigenvalue weighted by molar-refractivity contribution is -0.131. The average molecular weight is 418 g/mol. The van der Waals surface area contributed by atoms with E-state index >= 15 is 0 Å². The number of nitrogens with zero attached hydrogens (tertiary/aromatic N) is 3. The Kier molecular flexibility index (Phi) is 5.19. The molecule has 160 valence electrons. The summed E-state index contributed by atoms with van der Waals surface area (Å²) in [5.74, 6) is 1.56. The van der Waals surface area contributed by atoms with Crippen LogP contribution in [0.25, 0.3) is 16.8 Å². The molecule has 3 aromatic rings. The van der Waals surface area contributed by atoms with Gasteiger partial charge in [-0.15, -0.1) is 0 Å². The first-order chi connectivity index (χ1) is 15.1. The number of benzene rings is 2. The van der Waals surface area contributed by atoms with Crippen LogP contribution in [0, 0.1) is 11.8 Å². The Balaban J connectivity index is 1.33. The SMILES string of the molecule is O=C(C1CC1)N1CC[C@@H](Cc2n[nH]c(=O)n2-c2ccc(-c3cccc(CO)c3)cc2)C1. The zero-order valence-corrected chi connectivity index (χ0v) is 17.3. The summed E-state index contributed by atoms with van der Waals surface area (Å²) >= 11 is 0. The zero-order chi connectivity index (χ0) is 21.4. The first kappa shape index (κ1) is 19.8. The highest BCUT2D eigenvalue weighted by molar-refractivity contribution is 5.81. The monoisotopic (exact) mass is 418 g/mol. The topological polar surface area (TPSA) is 91.2 Å². The molecule has 0 bridgehead atoms. The number of amides is 1. The molecule has 0 radical (unpaired) electrons. The van der Waals surface area contributed by atoms with E-state index in [-0.39, 0.29) is 18.2 Å².